The Labute approximate surface area is 132 Å². The fourth-order valence-corrected chi connectivity index (χ4v) is 2.43. The van der Waals surface area contributed by atoms with Crippen molar-refractivity contribution < 1.29 is 22.7 Å². The Balaban J connectivity index is 2.39. The minimum Gasteiger partial charge on any atom is -0.466 e. The fourth-order valence-electron chi connectivity index (χ4n) is 2.43. The van der Waals surface area contributed by atoms with Gasteiger partial charge in [0, 0.05) is 5.92 Å². The standard InChI is InChI=1S/C18H17F3O2/c1-2-23-17(22)12-16(13-7-4-3-5-8-13)14-9-6-10-15(11-14)18(19,20)21/h3-11,16H,2,12H2,1H3. The first-order valence-electron chi connectivity index (χ1n) is 7.29. The molecule has 0 aliphatic heterocycles. The molecule has 0 aromatic heterocycles. The predicted octanol–water partition coefficient (Wildman–Crippen LogP) is 4.79. The molecule has 0 N–H and O–H groups in total. The third kappa shape index (κ3) is 4.58. The van der Waals surface area contributed by atoms with Crippen LogP contribution in [0.15, 0.2) is 54.6 Å². The van der Waals surface area contributed by atoms with Crippen molar-refractivity contribution in [1.29, 1.82) is 0 Å². The molecule has 0 radical (unpaired) electrons. The van der Waals surface area contributed by atoms with Crippen LogP contribution in [0.1, 0.15) is 36.0 Å². The van der Waals surface area contributed by atoms with Crippen LogP contribution < -0.4 is 0 Å². The molecule has 0 fully saturated rings. The summed E-state index contributed by atoms with van der Waals surface area (Å²) in [5.74, 6) is -0.906. The lowest BCUT2D eigenvalue weighted by Gasteiger charge is -2.18. The zero-order chi connectivity index (χ0) is 16.9. The van der Waals surface area contributed by atoms with Crippen LogP contribution in [0.25, 0.3) is 0 Å². The molecule has 0 aliphatic carbocycles. The zero-order valence-electron chi connectivity index (χ0n) is 12.6. The van der Waals surface area contributed by atoms with E-state index >= 15 is 0 Å². The van der Waals surface area contributed by atoms with E-state index in [0.29, 0.717) is 5.56 Å². The molecular formula is C18H17F3O2. The van der Waals surface area contributed by atoms with E-state index in [1.54, 1.807) is 37.3 Å². The number of esters is 1. The highest BCUT2D eigenvalue weighted by molar-refractivity contribution is 5.71. The predicted molar refractivity (Wildman–Crippen MR) is 81.0 cm³/mol. The maximum absolute atomic E-state index is 12.9. The topological polar surface area (TPSA) is 26.3 Å². The third-order valence-corrected chi connectivity index (χ3v) is 3.49. The van der Waals surface area contributed by atoms with Crippen molar-refractivity contribution >= 4 is 5.97 Å². The Morgan fingerprint density at radius 2 is 1.70 bits per heavy atom. The van der Waals surface area contributed by atoms with E-state index in [0.717, 1.165) is 17.7 Å². The summed E-state index contributed by atoms with van der Waals surface area (Å²) >= 11 is 0. The summed E-state index contributed by atoms with van der Waals surface area (Å²) in [5.41, 5.74) is 0.499. The van der Waals surface area contributed by atoms with Gasteiger partial charge in [0.15, 0.2) is 0 Å². The molecule has 2 aromatic rings. The summed E-state index contributed by atoms with van der Waals surface area (Å²) in [5, 5.41) is 0. The van der Waals surface area contributed by atoms with Crippen molar-refractivity contribution in [3.63, 3.8) is 0 Å². The van der Waals surface area contributed by atoms with Gasteiger partial charge in [-0.25, -0.2) is 0 Å². The van der Waals surface area contributed by atoms with Gasteiger partial charge >= 0.3 is 12.1 Å². The van der Waals surface area contributed by atoms with Crippen LogP contribution >= 0.6 is 0 Å². The van der Waals surface area contributed by atoms with Crippen molar-refractivity contribution in [2.45, 2.75) is 25.4 Å². The number of halogens is 3. The average Bonchev–Trinajstić information content (AvgIpc) is 2.53. The molecule has 0 aliphatic rings. The number of carbonyl (C=O) groups is 1. The van der Waals surface area contributed by atoms with Gasteiger partial charge in [-0.2, -0.15) is 13.2 Å². The largest absolute Gasteiger partial charge is 0.466 e. The summed E-state index contributed by atoms with van der Waals surface area (Å²) in [4.78, 5) is 11.8. The minimum atomic E-state index is -4.42. The van der Waals surface area contributed by atoms with Gasteiger partial charge in [0.2, 0.25) is 0 Å². The summed E-state index contributed by atoms with van der Waals surface area (Å²) in [6.45, 7) is 1.93. The second kappa shape index (κ2) is 7.31. The lowest BCUT2D eigenvalue weighted by Crippen LogP contribution is -2.13. The zero-order valence-corrected chi connectivity index (χ0v) is 12.6. The number of rotatable bonds is 5. The first-order valence-corrected chi connectivity index (χ1v) is 7.29. The van der Waals surface area contributed by atoms with Crippen LogP contribution in [0.2, 0.25) is 0 Å². The average molecular weight is 322 g/mol. The van der Waals surface area contributed by atoms with Crippen LogP contribution in [0.3, 0.4) is 0 Å². The van der Waals surface area contributed by atoms with Crippen molar-refractivity contribution in [2.75, 3.05) is 6.61 Å². The van der Waals surface area contributed by atoms with E-state index in [1.165, 1.54) is 6.07 Å². The Morgan fingerprint density at radius 1 is 1.04 bits per heavy atom. The van der Waals surface area contributed by atoms with Gasteiger partial charge in [-0.3, -0.25) is 4.79 Å². The lowest BCUT2D eigenvalue weighted by molar-refractivity contribution is -0.143. The molecule has 2 nitrogen and oxygen atoms in total. The van der Waals surface area contributed by atoms with Gasteiger partial charge in [0.1, 0.15) is 0 Å². The molecule has 0 bridgehead atoms. The van der Waals surface area contributed by atoms with Gasteiger partial charge in [0.05, 0.1) is 18.6 Å². The van der Waals surface area contributed by atoms with Gasteiger partial charge in [-0.1, -0.05) is 48.5 Å². The fraction of sp³-hybridized carbons (Fsp3) is 0.278. The van der Waals surface area contributed by atoms with Crippen molar-refractivity contribution in [3.8, 4) is 0 Å². The van der Waals surface area contributed by atoms with Gasteiger partial charge in [-0.05, 0) is 24.1 Å². The third-order valence-electron chi connectivity index (χ3n) is 3.49. The van der Waals surface area contributed by atoms with Crippen molar-refractivity contribution in [3.05, 3.63) is 71.3 Å². The van der Waals surface area contributed by atoms with E-state index in [9.17, 15) is 18.0 Å². The van der Waals surface area contributed by atoms with Gasteiger partial charge in [-0.15, -0.1) is 0 Å². The minimum absolute atomic E-state index is 0.000830. The maximum atomic E-state index is 12.9. The Bertz CT molecular complexity index is 651. The highest BCUT2D eigenvalue weighted by Crippen LogP contribution is 2.34. The number of hydrogen-bond donors (Lipinski definition) is 0. The molecule has 0 saturated heterocycles. The van der Waals surface area contributed by atoms with E-state index in [2.05, 4.69) is 0 Å². The molecule has 122 valence electrons. The van der Waals surface area contributed by atoms with E-state index in [1.807, 2.05) is 6.07 Å². The lowest BCUT2D eigenvalue weighted by atomic mass is 9.87. The molecule has 2 rings (SSSR count). The number of alkyl halides is 3. The molecule has 1 unspecified atom stereocenters. The summed E-state index contributed by atoms with van der Waals surface area (Å²) in [6.07, 6.45) is -4.42. The Hall–Kier alpha value is -2.30. The monoisotopic (exact) mass is 322 g/mol. The van der Waals surface area contributed by atoms with E-state index < -0.39 is 23.6 Å². The second-order valence-corrected chi connectivity index (χ2v) is 5.10. The van der Waals surface area contributed by atoms with Crippen LogP contribution in [0, 0.1) is 0 Å². The summed E-state index contributed by atoms with van der Waals surface area (Å²) < 4.78 is 43.7. The first kappa shape index (κ1) is 17.1. The highest BCUT2D eigenvalue weighted by atomic mass is 19.4. The highest BCUT2D eigenvalue weighted by Gasteiger charge is 2.31. The summed E-state index contributed by atoms with van der Waals surface area (Å²) in [6, 6.07) is 14.1. The van der Waals surface area contributed by atoms with Crippen LogP contribution in [0.5, 0.6) is 0 Å². The number of benzene rings is 2. The number of carbonyl (C=O) groups excluding carboxylic acids is 1. The molecule has 0 saturated carbocycles. The number of ether oxygens (including phenoxy) is 1. The SMILES string of the molecule is CCOC(=O)CC(c1ccccc1)c1cccc(C(F)(F)F)c1. The van der Waals surface area contributed by atoms with Gasteiger partial charge < -0.3 is 4.74 Å². The number of hydrogen-bond acceptors (Lipinski definition) is 2. The molecule has 5 heteroatoms. The van der Waals surface area contributed by atoms with Crippen molar-refractivity contribution in [1.82, 2.24) is 0 Å². The maximum Gasteiger partial charge on any atom is 0.416 e. The van der Waals surface area contributed by atoms with E-state index in [-0.39, 0.29) is 13.0 Å². The van der Waals surface area contributed by atoms with E-state index in [4.69, 9.17) is 4.74 Å². The molecular weight excluding hydrogens is 305 g/mol. The summed E-state index contributed by atoms with van der Waals surface area (Å²) in [7, 11) is 0. The van der Waals surface area contributed by atoms with Crippen molar-refractivity contribution in [2.24, 2.45) is 0 Å². The first-order chi connectivity index (χ1) is 10.9. The quantitative estimate of drug-likeness (QED) is 0.740. The van der Waals surface area contributed by atoms with Crippen LogP contribution in [-0.2, 0) is 15.7 Å². The molecule has 0 amide bonds. The Kier molecular flexibility index (Phi) is 5.42. The normalized spacial score (nSPS) is 12.7. The van der Waals surface area contributed by atoms with Crippen LogP contribution in [-0.4, -0.2) is 12.6 Å². The smallest absolute Gasteiger partial charge is 0.416 e. The van der Waals surface area contributed by atoms with Gasteiger partial charge in [0.25, 0.3) is 0 Å². The molecule has 0 heterocycles. The molecule has 0 spiro atoms. The Morgan fingerprint density at radius 3 is 2.30 bits per heavy atom. The second-order valence-electron chi connectivity index (χ2n) is 5.10. The molecule has 1 atom stereocenters. The molecule has 23 heavy (non-hydrogen) atoms. The van der Waals surface area contributed by atoms with Crippen LogP contribution in [0.4, 0.5) is 13.2 Å². The molecule has 2 aromatic carbocycles.